The molecule has 20 heavy (non-hydrogen) atoms. The number of hydrogen-bond acceptors (Lipinski definition) is 2. The summed E-state index contributed by atoms with van der Waals surface area (Å²) >= 11 is 5.38. The van der Waals surface area contributed by atoms with Gasteiger partial charge in [0.15, 0.2) is 0 Å². The van der Waals surface area contributed by atoms with Crippen molar-refractivity contribution in [2.45, 2.75) is 0 Å². The lowest BCUT2D eigenvalue weighted by Gasteiger charge is -2.10. The number of rotatable bonds is 1. The van der Waals surface area contributed by atoms with E-state index < -0.39 is 0 Å². The second-order valence-corrected chi connectivity index (χ2v) is 7.19. The Bertz CT molecular complexity index is 955. The first-order valence-electron chi connectivity index (χ1n) is 6.35. The zero-order valence-corrected chi connectivity index (χ0v) is 13.2. The van der Waals surface area contributed by atoms with Gasteiger partial charge in [0, 0.05) is 15.5 Å². The minimum absolute atomic E-state index is 0.933. The standard InChI is InChI=1S/C17H11BrOS/c1-19-14-8-10-6-7-11-9-15(18)20-17(11)16(10)13-5-3-2-4-12(13)14/h2-9H,1H3. The zero-order valence-electron chi connectivity index (χ0n) is 10.8. The van der Waals surface area contributed by atoms with Crippen molar-refractivity contribution >= 4 is 58.9 Å². The maximum Gasteiger partial charge on any atom is 0.127 e. The molecule has 0 saturated heterocycles. The highest BCUT2D eigenvalue weighted by molar-refractivity contribution is 9.11. The Morgan fingerprint density at radius 2 is 1.70 bits per heavy atom. The van der Waals surface area contributed by atoms with Gasteiger partial charge in [0.05, 0.1) is 10.9 Å². The zero-order chi connectivity index (χ0) is 13.7. The summed E-state index contributed by atoms with van der Waals surface area (Å²) in [6.45, 7) is 0. The van der Waals surface area contributed by atoms with E-state index in [-0.39, 0.29) is 0 Å². The second kappa shape index (κ2) is 4.47. The molecule has 1 heterocycles. The highest BCUT2D eigenvalue weighted by atomic mass is 79.9. The van der Waals surface area contributed by atoms with Crippen LogP contribution in [0.2, 0.25) is 0 Å². The highest BCUT2D eigenvalue weighted by Gasteiger charge is 2.11. The molecule has 0 unspecified atom stereocenters. The van der Waals surface area contributed by atoms with Crippen molar-refractivity contribution in [1.82, 2.24) is 0 Å². The van der Waals surface area contributed by atoms with Crippen molar-refractivity contribution in [2.75, 3.05) is 7.11 Å². The number of halogens is 1. The van der Waals surface area contributed by atoms with Gasteiger partial charge in [-0.25, -0.2) is 0 Å². The summed E-state index contributed by atoms with van der Waals surface area (Å²) in [4.78, 5) is 0. The fourth-order valence-electron chi connectivity index (χ4n) is 2.79. The van der Waals surface area contributed by atoms with E-state index in [2.05, 4.69) is 64.5 Å². The quantitative estimate of drug-likeness (QED) is 0.386. The Hall–Kier alpha value is -1.58. The Kier molecular flexibility index (Phi) is 2.72. The summed E-state index contributed by atoms with van der Waals surface area (Å²) in [6.07, 6.45) is 0. The van der Waals surface area contributed by atoms with Crippen molar-refractivity contribution in [3.05, 3.63) is 52.3 Å². The molecule has 0 saturated carbocycles. The maximum atomic E-state index is 5.55. The van der Waals surface area contributed by atoms with E-state index in [1.807, 2.05) is 0 Å². The van der Waals surface area contributed by atoms with Gasteiger partial charge < -0.3 is 4.74 Å². The molecule has 0 atom stereocenters. The third-order valence-electron chi connectivity index (χ3n) is 3.66. The lowest BCUT2D eigenvalue weighted by atomic mass is 10.00. The molecule has 3 heteroatoms. The predicted molar refractivity (Wildman–Crippen MR) is 91.1 cm³/mol. The van der Waals surface area contributed by atoms with E-state index in [1.165, 1.54) is 35.4 Å². The van der Waals surface area contributed by atoms with E-state index in [4.69, 9.17) is 4.74 Å². The van der Waals surface area contributed by atoms with Gasteiger partial charge in [-0.2, -0.15) is 0 Å². The van der Waals surface area contributed by atoms with Crippen molar-refractivity contribution in [2.24, 2.45) is 0 Å². The molecule has 0 N–H and O–H groups in total. The first kappa shape index (κ1) is 12.2. The van der Waals surface area contributed by atoms with E-state index in [0.29, 0.717) is 0 Å². The molecule has 0 spiro atoms. The smallest absolute Gasteiger partial charge is 0.127 e. The average molecular weight is 343 g/mol. The molecule has 0 aliphatic rings. The van der Waals surface area contributed by atoms with Crippen LogP contribution in [-0.2, 0) is 0 Å². The van der Waals surface area contributed by atoms with Crippen molar-refractivity contribution in [1.29, 1.82) is 0 Å². The van der Waals surface area contributed by atoms with Gasteiger partial charge in [0.2, 0.25) is 0 Å². The van der Waals surface area contributed by atoms with Gasteiger partial charge in [-0.05, 0) is 44.2 Å². The van der Waals surface area contributed by atoms with Crippen LogP contribution in [0.4, 0.5) is 0 Å². The molecule has 0 bridgehead atoms. The summed E-state index contributed by atoms with van der Waals surface area (Å²) in [6, 6.07) is 17.1. The summed E-state index contributed by atoms with van der Waals surface area (Å²) in [7, 11) is 1.73. The van der Waals surface area contributed by atoms with Gasteiger partial charge in [0.25, 0.3) is 0 Å². The third-order valence-corrected chi connectivity index (χ3v) is 5.33. The van der Waals surface area contributed by atoms with E-state index in [1.54, 1.807) is 18.4 Å². The number of thiophene rings is 1. The fraction of sp³-hybridized carbons (Fsp3) is 0.0588. The van der Waals surface area contributed by atoms with Crippen LogP contribution in [0.1, 0.15) is 0 Å². The minimum atomic E-state index is 0.933. The van der Waals surface area contributed by atoms with E-state index >= 15 is 0 Å². The van der Waals surface area contributed by atoms with Gasteiger partial charge in [-0.15, -0.1) is 11.3 Å². The normalized spacial score (nSPS) is 11.5. The third kappa shape index (κ3) is 1.67. The molecule has 0 aliphatic carbocycles. The summed E-state index contributed by atoms with van der Waals surface area (Å²) in [5, 5.41) is 6.24. The van der Waals surface area contributed by atoms with E-state index in [9.17, 15) is 0 Å². The van der Waals surface area contributed by atoms with Crippen LogP contribution in [-0.4, -0.2) is 7.11 Å². The molecule has 1 nitrogen and oxygen atoms in total. The number of benzene rings is 3. The monoisotopic (exact) mass is 342 g/mol. The number of fused-ring (bicyclic) bond motifs is 5. The lowest BCUT2D eigenvalue weighted by molar-refractivity contribution is 0.420. The van der Waals surface area contributed by atoms with Crippen LogP contribution < -0.4 is 4.74 Å². The Balaban J connectivity index is 2.33. The maximum absolute atomic E-state index is 5.55. The van der Waals surface area contributed by atoms with Crippen LogP contribution in [0.5, 0.6) is 5.75 Å². The molecule has 98 valence electrons. The number of methoxy groups -OCH3 is 1. The van der Waals surface area contributed by atoms with Crippen LogP contribution in [0.25, 0.3) is 31.6 Å². The lowest BCUT2D eigenvalue weighted by Crippen LogP contribution is -1.86. The minimum Gasteiger partial charge on any atom is -0.496 e. The SMILES string of the molecule is COc1cc2ccc3cc(Br)sc3c2c2ccccc12. The van der Waals surface area contributed by atoms with Crippen LogP contribution in [0.15, 0.2) is 52.3 Å². The Labute approximate surface area is 128 Å². The van der Waals surface area contributed by atoms with E-state index in [0.717, 1.165) is 5.75 Å². The molecule has 0 fully saturated rings. The molecule has 3 aromatic carbocycles. The average Bonchev–Trinajstić information content (AvgIpc) is 2.86. The molecule has 4 aromatic rings. The molecule has 0 radical (unpaired) electrons. The molecule has 1 aromatic heterocycles. The van der Waals surface area contributed by atoms with Crippen LogP contribution >= 0.6 is 27.3 Å². The predicted octanol–water partition coefficient (Wildman–Crippen LogP) is 5.98. The van der Waals surface area contributed by atoms with Gasteiger partial charge >= 0.3 is 0 Å². The molecular formula is C17H11BrOS. The number of ether oxygens (including phenoxy) is 1. The van der Waals surface area contributed by atoms with Gasteiger partial charge in [0.1, 0.15) is 5.75 Å². The first-order valence-corrected chi connectivity index (χ1v) is 7.96. The second-order valence-electron chi connectivity index (χ2n) is 4.76. The van der Waals surface area contributed by atoms with Crippen molar-refractivity contribution < 1.29 is 4.74 Å². The first-order chi connectivity index (χ1) is 9.78. The van der Waals surface area contributed by atoms with Gasteiger partial charge in [-0.1, -0.05) is 36.4 Å². The molecule has 0 amide bonds. The summed E-state index contributed by atoms with van der Waals surface area (Å²) in [5.74, 6) is 0.933. The van der Waals surface area contributed by atoms with Crippen molar-refractivity contribution in [3.63, 3.8) is 0 Å². The number of hydrogen-bond donors (Lipinski definition) is 0. The summed E-state index contributed by atoms with van der Waals surface area (Å²) < 4.78 is 8.04. The summed E-state index contributed by atoms with van der Waals surface area (Å²) in [5.41, 5.74) is 0. The Morgan fingerprint density at radius 1 is 0.950 bits per heavy atom. The highest BCUT2D eigenvalue weighted by Crippen LogP contribution is 2.41. The molecular weight excluding hydrogens is 332 g/mol. The van der Waals surface area contributed by atoms with Crippen LogP contribution in [0, 0.1) is 0 Å². The van der Waals surface area contributed by atoms with Gasteiger partial charge in [-0.3, -0.25) is 0 Å². The molecule has 0 aliphatic heterocycles. The topological polar surface area (TPSA) is 9.23 Å². The Morgan fingerprint density at radius 3 is 2.50 bits per heavy atom. The largest absolute Gasteiger partial charge is 0.496 e. The molecule has 4 rings (SSSR count). The van der Waals surface area contributed by atoms with Crippen LogP contribution in [0.3, 0.4) is 0 Å². The van der Waals surface area contributed by atoms with Crippen molar-refractivity contribution in [3.8, 4) is 5.75 Å². The fourth-order valence-corrected chi connectivity index (χ4v) is 4.48.